The summed E-state index contributed by atoms with van der Waals surface area (Å²) in [5.74, 6) is -0.852. The van der Waals surface area contributed by atoms with E-state index in [-0.39, 0.29) is 37.1 Å². The molecular weight excluding hydrogens is 374 g/mol. The standard InChI is InChI=1S/C20H33N5O4/c1-4-24-19(28)17(15(26)11-23(13(2)3)12-16(21)27)18(22)25(20(24)29)10-14-8-6-5-7-9-14/h13-14H,4-12,22H2,1-3H3,(H2,21,27). The van der Waals surface area contributed by atoms with Crippen LogP contribution in [0.3, 0.4) is 0 Å². The van der Waals surface area contributed by atoms with E-state index in [1.54, 1.807) is 11.8 Å². The molecule has 0 bridgehead atoms. The number of nitrogens with two attached hydrogens (primary N) is 2. The minimum Gasteiger partial charge on any atom is -0.384 e. The summed E-state index contributed by atoms with van der Waals surface area (Å²) in [5, 5.41) is 0. The number of Topliss-reactive ketones (excluding diaryl/α,β-unsaturated/α-hetero) is 1. The van der Waals surface area contributed by atoms with E-state index in [0.29, 0.717) is 12.5 Å². The summed E-state index contributed by atoms with van der Waals surface area (Å²) in [5.41, 5.74) is 10.1. The molecule has 0 saturated heterocycles. The summed E-state index contributed by atoms with van der Waals surface area (Å²) in [7, 11) is 0. The van der Waals surface area contributed by atoms with Crippen molar-refractivity contribution in [3.8, 4) is 0 Å². The van der Waals surface area contributed by atoms with Gasteiger partial charge in [0.25, 0.3) is 5.56 Å². The topological polar surface area (TPSA) is 133 Å². The lowest BCUT2D eigenvalue weighted by Crippen LogP contribution is -2.47. The Hall–Kier alpha value is -2.42. The van der Waals surface area contributed by atoms with Crippen molar-refractivity contribution in [2.24, 2.45) is 11.7 Å². The van der Waals surface area contributed by atoms with Crippen LogP contribution >= 0.6 is 0 Å². The quantitative estimate of drug-likeness (QED) is 0.575. The van der Waals surface area contributed by atoms with Crippen molar-refractivity contribution in [2.45, 2.75) is 72.0 Å². The number of carbonyl (C=O) groups excluding carboxylic acids is 2. The van der Waals surface area contributed by atoms with E-state index in [2.05, 4.69) is 0 Å². The average molecular weight is 408 g/mol. The highest BCUT2D eigenvalue weighted by Crippen LogP contribution is 2.25. The highest BCUT2D eigenvalue weighted by Gasteiger charge is 2.26. The lowest BCUT2D eigenvalue weighted by atomic mass is 9.89. The lowest BCUT2D eigenvalue weighted by Gasteiger charge is -2.26. The number of primary amides is 1. The highest BCUT2D eigenvalue weighted by molar-refractivity contribution is 6.01. The minimum absolute atomic E-state index is 0.0805. The fourth-order valence-electron chi connectivity index (χ4n) is 3.95. The third-order valence-electron chi connectivity index (χ3n) is 5.66. The molecule has 2 rings (SSSR count). The van der Waals surface area contributed by atoms with E-state index in [9.17, 15) is 19.2 Å². The predicted octanol–water partition coefficient (Wildman–Crippen LogP) is 0.571. The number of amides is 1. The molecule has 1 aliphatic carbocycles. The Balaban J connectivity index is 2.45. The zero-order valence-corrected chi connectivity index (χ0v) is 17.6. The van der Waals surface area contributed by atoms with Gasteiger partial charge in [-0.15, -0.1) is 0 Å². The van der Waals surface area contributed by atoms with Crippen molar-refractivity contribution in [2.75, 3.05) is 18.8 Å². The van der Waals surface area contributed by atoms with Crippen LogP contribution in [-0.4, -0.2) is 44.9 Å². The van der Waals surface area contributed by atoms with Crippen LogP contribution in [0.25, 0.3) is 0 Å². The van der Waals surface area contributed by atoms with Gasteiger partial charge in [0.15, 0.2) is 5.78 Å². The van der Waals surface area contributed by atoms with Crippen molar-refractivity contribution in [1.82, 2.24) is 14.0 Å². The van der Waals surface area contributed by atoms with E-state index in [1.807, 2.05) is 13.8 Å². The maximum absolute atomic E-state index is 13.0. The van der Waals surface area contributed by atoms with Gasteiger partial charge in [-0.05, 0) is 39.5 Å². The van der Waals surface area contributed by atoms with Gasteiger partial charge in [-0.2, -0.15) is 0 Å². The Morgan fingerprint density at radius 1 is 1.10 bits per heavy atom. The van der Waals surface area contributed by atoms with E-state index in [4.69, 9.17) is 11.5 Å². The van der Waals surface area contributed by atoms with Crippen molar-refractivity contribution in [1.29, 1.82) is 0 Å². The van der Waals surface area contributed by atoms with Crippen molar-refractivity contribution >= 4 is 17.5 Å². The fourth-order valence-corrected chi connectivity index (χ4v) is 3.95. The molecule has 1 amide bonds. The number of nitrogens with zero attached hydrogens (tertiary/aromatic N) is 3. The highest BCUT2D eigenvalue weighted by atomic mass is 16.2. The molecule has 1 fully saturated rings. The average Bonchev–Trinajstić information content (AvgIpc) is 2.65. The summed E-state index contributed by atoms with van der Waals surface area (Å²) in [6.07, 6.45) is 5.40. The summed E-state index contributed by atoms with van der Waals surface area (Å²) in [6, 6.07) is -0.130. The Morgan fingerprint density at radius 2 is 1.72 bits per heavy atom. The van der Waals surface area contributed by atoms with Crippen LogP contribution in [0.1, 0.15) is 63.2 Å². The van der Waals surface area contributed by atoms with E-state index < -0.39 is 22.9 Å². The fraction of sp³-hybridized carbons (Fsp3) is 0.700. The van der Waals surface area contributed by atoms with Gasteiger partial charge in [0.1, 0.15) is 11.4 Å². The Bertz CT molecular complexity index is 865. The third kappa shape index (κ3) is 5.35. The number of aromatic nitrogens is 2. The molecule has 0 aliphatic heterocycles. The van der Waals surface area contributed by atoms with Crippen LogP contribution in [-0.2, 0) is 17.9 Å². The number of carbonyl (C=O) groups is 2. The molecule has 9 nitrogen and oxygen atoms in total. The molecule has 1 aliphatic rings. The number of hydrogen-bond acceptors (Lipinski definition) is 6. The van der Waals surface area contributed by atoms with E-state index in [1.165, 1.54) is 11.0 Å². The SMILES string of the molecule is CCn1c(=O)c(C(=O)CN(CC(N)=O)C(C)C)c(N)n(CC2CCCCC2)c1=O. The third-order valence-corrected chi connectivity index (χ3v) is 5.66. The van der Waals surface area contributed by atoms with Crippen LogP contribution in [0.5, 0.6) is 0 Å². The van der Waals surface area contributed by atoms with Crippen molar-refractivity contribution in [3.63, 3.8) is 0 Å². The molecule has 9 heteroatoms. The normalized spacial score (nSPS) is 15.2. The molecule has 1 heterocycles. The van der Waals surface area contributed by atoms with Crippen LogP contribution in [0.4, 0.5) is 5.82 Å². The van der Waals surface area contributed by atoms with Gasteiger partial charge >= 0.3 is 5.69 Å². The van der Waals surface area contributed by atoms with Gasteiger partial charge < -0.3 is 11.5 Å². The summed E-state index contributed by atoms with van der Waals surface area (Å²) >= 11 is 0. The van der Waals surface area contributed by atoms with Gasteiger partial charge in [0.2, 0.25) is 5.91 Å². The first-order chi connectivity index (χ1) is 13.7. The minimum atomic E-state index is -0.678. The first-order valence-electron chi connectivity index (χ1n) is 10.4. The maximum Gasteiger partial charge on any atom is 0.332 e. The van der Waals surface area contributed by atoms with Crippen LogP contribution in [0, 0.1) is 5.92 Å². The number of hydrogen-bond donors (Lipinski definition) is 2. The van der Waals surface area contributed by atoms with Gasteiger partial charge in [0, 0.05) is 19.1 Å². The number of rotatable bonds is 9. The molecule has 29 heavy (non-hydrogen) atoms. The molecule has 4 N–H and O–H groups in total. The second-order valence-corrected chi connectivity index (χ2v) is 8.10. The number of nitrogen functional groups attached to an aromatic ring is 1. The zero-order chi connectivity index (χ0) is 21.7. The molecular formula is C20H33N5O4. The molecule has 0 radical (unpaired) electrons. The van der Waals surface area contributed by atoms with E-state index in [0.717, 1.165) is 30.3 Å². The van der Waals surface area contributed by atoms with Gasteiger partial charge in [-0.25, -0.2) is 4.79 Å². The second kappa shape index (κ2) is 9.87. The smallest absolute Gasteiger partial charge is 0.332 e. The van der Waals surface area contributed by atoms with E-state index >= 15 is 0 Å². The largest absolute Gasteiger partial charge is 0.384 e. The zero-order valence-electron chi connectivity index (χ0n) is 17.6. The predicted molar refractivity (Wildman–Crippen MR) is 112 cm³/mol. The molecule has 0 unspecified atom stereocenters. The number of ketones is 1. The number of anilines is 1. The van der Waals surface area contributed by atoms with Crippen LogP contribution < -0.4 is 22.7 Å². The van der Waals surface area contributed by atoms with Gasteiger partial charge in [-0.3, -0.25) is 28.4 Å². The summed E-state index contributed by atoms with van der Waals surface area (Å²) in [4.78, 5) is 51.6. The van der Waals surface area contributed by atoms with Crippen molar-refractivity contribution < 1.29 is 9.59 Å². The van der Waals surface area contributed by atoms with Gasteiger partial charge in [0.05, 0.1) is 13.1 Å². The summed E-state index contributed by atoms with van der Waals surface area (Å²) in [6.45, 7) is 5.62. The van der Waals surface area contributed by atoms with Crippen LogP contribution in [0.2, 0.25) is 0 Å². The molecule has 1 aromatic heterocycles. The Morgan fingerprint density at radius 3 is 2.24 bits per heavy atom. The Kier molecular flexibility index (Phi) is 7.78. The molecule has 0 aromatic carbocycles. The molecule has 1 aromatic rings. The molecule has 1 saturated carbocycles. The Labute approximate surface area is 170 Å². The summed E-state index contributed by atoms with van der Waals surface area (Å²) < 4.78 is 2.43. The van der Waals surface area contributed by atoms with Gasteiger partial charge in [-0.1, -0.05) is 19.3 Å². The molecule has 162 valence electrons. The monoisotopic (exact) mass is 407 g/mol. The first-order valence-corrected chi connectivity index (χ1v) is 10.4. The first kappa shape index (κ1) is 22.9. The van der Waals surface area contributed by atoms with Crippen LogP contribution in [0.15, 0.2) is 9.59 Å². The molecule has 0 spiro atoms. The maximum atomic E-state index is 13.0. The second-order valence-electron chi connectivity index (χ2n) is 8.10. The lowest BCUT2D eigenvalue weighted by molar-refractivity contribution is -0.119. The van der Waals surface area contributed by atoms with Crippen molar-refractivity contribution in [3.05, 3.63) is 26.4 Å². The molecule has 0 atom stereocenters.